The Labute approximate surface area is 163 Å². The van der Waals surface area contributed by atoms with Crippen molar-refractivity contribution in [2.75, 3.05) is 38.2 Å². The number of ether oxygens (including phenoxy) is 1. The minimum atomic E-state index is -4.36. The van der Waals surface area contributed by atoms with Gasteiger partial charge in [-0.1, -0.05) is 6.07 Å². The number of nitrogens with one attached hydrogen (secondary N) is 1. The number of nitrogens with zero attached hydrogens (tertiary/aromatic N) is 2. The molecule has 1 N–H and O–H groups in total. The van der Waals surface area contributed by atoms with Gasteiger partial charge in [-0.25, -0.2) is 0 Å². The molecule has 3 rings (SSSR count). The molecule has 2 fully saturated rings. The van der Waals surface area contributed by atoms with Gasteiger partial charge in [0.15, 0.2) is 0 Å². The van der Waals surface area contributed by atoms with Gasteiger partial charge in [0, 0.05) is 32.2 Å². The largest absolute Gasteiger partial charge is 0.469 e. The smallest absolute Gasteiger partial charge is 0.416 e. The number of anilines is 1. The fourth-order valence-corrected chi connectivity index (χ4v) is 3.78. The fourth-order valence-electron chi connectivity index (χ4n) is 3.78. The molecule has 0 bridgehead atoms. The van der Waals surface area contributed by atoms with Crippen molar-refractivity contribution >= 4 is 11.7 Å². The summed E-state index contributed by atoms with van der Waals surface area (Å²) in [5.41, 5.74) is 1.01. The zero-order valence-electron chi connectivity index (χ0n) is 16.2. The summed E-state index contributed by atoms with van der Waals surface area (Å²) >= 11 is 0. The van der Waals surface area contributed by atoms with E-state index in [9.17, 15) is 18.0 Å². The van der Waals surface area contributed by atoms with Crippen LogP contribution >= 0.6 is 0 Å². The molecule has 8 heteroatoms. The van der Waals surface area contributed by atoms with E-state index in [1.54, 1.807) is 12.1 Å². The average Bonchev–Trinajstić information content (AvgIpc) is 3.21. The second kappa shape index (κ2) is 9.78. The minimum Gasteiger partial charge on any atom is -0.469 e. The van der Waals surface area contributed by atoms with Crippen molar-refractivity contribution in [1.29, 1.82) is 5.26 Å². The highest BCUT2D eigenvalue weighted by molar-refractivity contribution is 5.73. The Morgan fingerprint density at radius 2 is 1.93 bits per heavy atom. The molecule has 1 unspecified atom stereocenters. The quantitative estimate of drug-likeness (QED) is 0.788. The van der Waals surface area contributed by atoms with Crippen LogP contribution in [0.25, 0.3) is 0 Å². The SMILES string of the molecule is CC#N.COC(=O)C1CCN(c2cc(C(F)(F)F)ccc2C2CCNC2)CC1. The molecule has 0 amide bonds. The van der Waals surface area contributed by atoms with E-state index >= 15 is 0 Å². The van der Waals surface area contributed by atoms with Gasteiger partial charge in [-0.05, 0) is 49.4 Å². The van der Waals surface area contributed by atoms with Crippen molar-refractivity contribution in [2.24, 2.45) is 5.92 Å². The van der Waals surface area contributed by atoms with Crippen LogP contribution in [0.4, 0.5) is 18.9 Å². The van der Waals surface area contributed by atoms with E-state index < -0.39 is 11.7 Å². The van der Waals surface area contributed by atoms with Gasteiger partial charge in [0.05, 0.1) is 24.7 Å². The molecule has 0 aliphatic carbocycles. The molecular weight excluding hydrogens is 371 g/mol. The van der Waals surface area contributed by atoms with Crippen molar-refractivity contribution < 1.29 is 22.7 Å². The molecule has 2 aliphatic heterocycles. The van der Waals surface area contributed by atoms with Crippen LogP contribution in [0.1, 0.15) is 43.2 Å². The van der Waals surface area contributed by atoms with Crippen LogP contribution in [0.2, 0.25) is 0 Å². The van der Waals surface area contributed by atoms with Gasteiger partial charge in [0.2, 0.25) is 0 Å². The van der Waals surface area contributed by atoms with Gasteiger partial charge >= 0.3 is 12.1 Å². The van der Waals surface area contributed by atoms with Crippen LogP contribution in [-0.2, 0) is 15.7 Å². The summed E-state index contributed by atoms with van der Waals surface area (Å²) in [7, 11) is 1.37. The predicted octanol–water partition coefficient (Wildman–Crippen LogP) is 3.70. The second-order valence-corrected chi connectivity index (χ2v) is 6.97. The summed E-state index contributed by atoms with van der Waals surface area (Å²) in [6.07, 6.45) is -2.22. The lowest BCUT2D eigenvalue weighted by atomic mass is 9.91. The highest BCUT2D eigenvalue weighted by atomic mass is 19.4. The van der Waals surface area contributed by atoms with E-state index in [0.717, 1.165) is 25.1 Å². The van der Waals surface area contributed by atoms with Gasteiger partial charge in [-0.2, -0.15) is 18.4 Å². The first-order chi connectivity index (χ1) is 13.3. The van der Waals surface area contributed by atoms with Crippen LogP contribution in [0.3, 0.4) is 0 Å². The summed E-state index contributed by atoms with van der Waals surface area (Å²) in [4.78, 5) is 13.7. The number of methoxy groups -OCH3 is 1. The molecule has 2 aliphatic rings. The molecule has 0 aromatic heterocycles. The lowest BCUT2D eigenvalue weighted by molar-refractivity contribution is -0.146. The third-order valence-corrected chi connectivity index (χ3v) is 5.23. The van der Waals surface area contributed by atoms with E-state index in [1.807, 2.05) is 4.90 Å². The number of hydrogen-bond donors (Lipinski definition) is 1. The highest BCUT2D eigenvalue weighted by Gasteiger charge is 2.34. The van der Waals surface area contributed by atoms with E-state index in [1.165, 1.54) is 26.2 Å². The van der Waals surface area contributed by atoms with Gasteiger partial charge < -0.3 is 15.0 Å². The normalized spacial score (nSPS) is 20.1. The molecule has 1 atom stereocenters. The van der Waals surface area contributed by atoms with Crippen molar-refractivity contribution in [1.82, 2.24) is 5.32 Å². The monoisotopic (exact) mass is 397 g/mol. The number of piperidine rings is 1. The van der Waals surface area contributed by atoms with Crippen LogP contribution in [0, 0.1) is 17.2 Å². The number of rotatable bonds is 3. The first-order valence-corrected chi connectivity index (χ1v) is 9.37. The molecule has 0 radical (unpaired) electrons. The number of carbonyl (C=O) groups is 1. The molecule has 1 aromatic rings. The van der Waals surface area contributed by atoms with Crippen LogP contribution in [-0.4, -0.2) is 39.3 Å². The topological polar surface area (TPSA) is 65.4 Å². The fraction of sp³-hybridized carbons (Fsp3) is 0.600. The number of benzene rings is 1. The Morgan fingerprint density at radius 3 is 2.43 bits per heavy atom. The number of alkyl halides is 3. The third-order valence-electron chi connectivity index (χ3n) is 5.23. The lowest BCUT2D eigenvalue weighted by Crippen LogP contribution is -2.37. The Balaban J connectivity index is 0.000000878. The van der Waals surface area contributed by atoms with Crippen molar-refractivity contribution in [2.45, 2.75) is 38.3 Å². The Kier molecular flexibility index (Phi) is 7.69. The third kappa shape index (κ3) is 5.38. The summed E-state index contributed by atoms with van der Waals surface area (Å²) in [6.45, 7) is 4.23. The molecule has 154 valence electrons. The zero-order chi connectivity index (χ0) is 20.7. The minimum absolute atomic E-state index is 0.163. The lowest BCUT2D eigenvalue weighted by Gasteiger charge is -2.35. The highest BCUT2D eigenvalue weighted by Crippen LogP contribution is 2.38. The Bertz CT molecular complexity index is 702. The van der Waals surface area contributed by atoms with Crippen molar-refractivity contribution in [3.8, 4) is 6.07 Å². The number of carbonyl (C=O) groups excluding carboxylic acids is 1. The molecule has 28 heavy (non-hydrogen) atoms. The van der Waals surface area contributed by atoms with Crippen LogP contribution in [0.5, 0.6) is 0 Å². The molecule has 1 aromatic carbocycles. The maximum atomic E-state index is 13.2. The maximum Gasteiger partial charge on any atom is 0.416 e. The first kappa shape index (κ1) is 22.0. The number of halogens is 3. The van der Waals surface area contributed by atoms with E-state index in [0.29, 0.717) is 31.6 Å². The van der Waals surface area contributed by atoms with Crippen molar-refractivity contribution in [3.05, 3.63) is 29.3 Å². The first-order valence-electron chi connectivity index (χ1n) is 9.37. The van der Waals surface area contributed by atoms with Crippen LogP contribution in [0.15, 0.2) is 18.2 Å². The van der Waals surface area contributed by atoms with Crippen LogP contribution < -0.4 is 10.2 Å². The number of nitriles is 1. The average molecular weight is 397 g/mol. The Morgan fingerprint density at radius 1 is 1.29 bits per heavy atom. The summed E-state index contributed by atoms with van der Waals surface area (Å²) in [5, 5.41) is 10.6. The van der Waals surface area contributed by atoms with E-state index in [2.05, 4.69) is 5.32 Å². The number of esters is 1. The van der Waals surface area contributed by atoms with Gasteiger partial charge in [0.25, 0.3) is 0 Å². The molecule has 0 saturated carbocycles. The molecule has 2 saturated heterocycles. The molecule has 5 nitrogen and oxygen atoms in total. The summed E-state index contributed by atoms with van der Waals surface area (Å²) in [6, 6.07) is 5.83. The predicted molar refractivity (Wildman–Crippen MR) is 99.9 cm³/mol. The van der Waals surface area contributed by atoms with Gasteiger partial charge in [-0.15, -0.1) is 0 Å². The Hall–Kier alpha value is -2.27. The summed E-state index contributed by atoms with van der Waals surface area (Å²) < 4.78 is 44.3. The summed E-state index contributed by atoms with van der Waals surface area (Å²) in [5.74, 6) is -0.164. The zero-order valence-corrected chi connectivity index (χ0v) is 16.2. The molecule has 2 heterocycles. The van der Waals surface area contributed by atoms with Gasteiger partial charge in [-0.3, -0.25) is 4.79 Å². The molecule has 0 spiro atoms. The second-order valence-electron chi connectivity index (χ2n) is 6.97. The number of hydrogen-bond acceptors (Lipinski definition) is 5. The van der Waals surface area contributed by atoms with E-state index in [-0.39, 0.29) is 17.8 Å². The van der Waals surface area contributed by atoms with Crippen molar-refractivity contribution in [3.63, 3.8) is 0 Å². The maximum absolute atomic E-state index is 13.2. The standard InChI is InChI=1S/C18H23F3N2O2.C2H3N/c1-25-17(24)12-5-8-23(9-6-12)16-10-14(18(19,20)21)2-3-15(16)13-4-7-22-11-13;1-2-3/h2-3,10,12-13,22H,4-9,11H2,1H3;1H3. The molecular formula is C20H26F3N3O2. The van der Waals surface area contributed by atoms with Gasteiger partial charge in [0.1, 0.15) is 0 Å². The van der Waals surface area contributed by atoms with E-state index in [4.69, 9.17) is 10.00 Å².